The summed E-state index contributed by atoms with van der Waals surface area (Å²) in [5.74, 6) is -6.78. The lowest BCUT2D eigenvalue weighted by atomic mass is 9.98. The second-order valence-corrected chi connectivity index (χ2v) is 17.5. The van der Waals surface area contributed by atoms with Crippen molar-refractivity contribution in [3.05, 3.63) is 33.8 Å². The Morgan fingerprint density at radius 3 is 2.25 bits per heavy atom. The van der Waals surface area contributed by atoms with Crippen LogP contribution in [0.3, 0.4) is 0 Å². The summed E-state index contributed by atoms with van der Waals surface area (Å²) in [6.07, 6.45) is -7.68. The summed E-state index contributed by atoms with van der Waals surface area (Å²) in [7, 11) is 5.52. The van der Waals surface area contributed by atoms with Crippen LogP contribution in [0.25, 0.3) is 0 Å². The number of methoxy groups -OCH3 is 1. The van der Waals surface area contributed by atoms with Crippen LogP contribution in [0, 0.1) is 5.92 Å². The van der Waals surface area contributed by atoms with E-state index in [1.165, 1.54) is 52.2 Å². The summed E-state index contributed by atoms with van der Waals surface area (Å²) < 4.78 is 60.5. The quantitative estimate of drug-likeness (QED) is 0.228. The number of likely N-dealkylation sites (tertiary alicyclic amines) is 1. The van der Waals surface area contributed by atoms with E-state index >= 15 is 0 Å². The number of carbonyl (C=O) groups excluding carboxylic acids is 7. The van der Waals surface area contributed by atoms with Gasteiger partial charge in [0.15, 0.2) is 0 Å². The lowest BCUT2D eigenvalue weighted by molar-refractivity contribution is -0.250. The topological polar surface area (TPSA) is 198 Å². The first kappa shape index (κ1) is 53.1. The number of aliphatic hydroxyl groups is 1. The SMILES string of the molecule is CC[C@H](NC(=O)[C@@H]1C[C@@H](F)CN1C(=O)[C@@](C)(O)C(F)(F)F)C(=O)N(C)[C@H]1CCCCN(C)C(=O)[C@@H](COC)NC(=O)[C@H](Cc2cc(Cl)ccc2Cl)N(C)C(=O)[C@H](CC(C)C)NC1=O. The summed E-state index contributed by atoms with van der Waals surface area (Å²) in [4.78, 5) is 101. The molecule has 1 aromatic rings. The van der Waals surface area contributed by atoms with Crippen molar-refractivity contribution >= 4 is 64.6 Å². The molecule has 2 aliphatic rings. The van der Waals surface area contributed by atoms with Gasteiger partial charge in [0, 0.05) is 57.7 Å². The molecular formula is C41H59Cl2F4N7O9. The monoisotopic (exact) mass is 939 g/mol. The Morgan fingerprint density at radius 1 is 1.03 bits per heavy atom. The van der Waals surface area contributed by atoms with Crippen molar-refractivity contribution in [3.63, 3.8) is 0 Å². The fourth-order valence-corrected chi connectivity index (χ4v) is 7.90. The highest BCUT2D eigenvalue weighted by Crippen LogP contribution is 2.34. The Bertz CT molecular complexity index is 1840. The van der Waals surface area contributed by atoms with Gasteiger partial charge in [0.1, 0.15) is 42.4 Å². The minimum atomic E-state index is -5.44. The molecule has 3 rings (SSSR count). The third-order valence-corrected chi connectivity index (χ3v) is 11.9. The number of benzene rings is 1. The first-order valence-electron chi connectivity index (χ1n) is 20.6. The molecule has 0 spiro atoms. The van der Waals surface area contributed by atoms with Gasteiger partial charge in [-0.15, -0.1) is 0 Å². The van der Waals surface area contributed by atoms with Crippen molar-refractivity contribution in [3.8, 4) is 0 Å². The van der Waals surface area contributed by atoms with E-state index in [0.717, 1.165) is 9.80 Å². The molecule has 354 valence electrons. The fraction of sp³-hybridized carbons (Fsp3) is 0.683. The van der Waals surface area contributed by atoms with Crippen LogP contribution in [0.5, 0.6) is 0 Å². The van der Waals surface area contributed by atoms with E-state index in [4.69, 9.17) is 27.9 Å². The fourth-order valence-electron chi connectivity index (χ4n) is 7.51. The van der Waals surface area contributed by atoms with E-state index in [1.54, 1.807) is 6.07 Å². The highest BCUT2D eigenvalue weighted by Gasteiger charge is 2.59. The zero-order valence-corrected chi connectivity index (χ0v) is 38.2. The Morgan fingerprint density at radius 2 is 1.67 bits per heavy atom. The number of likely N-dealkylation sites (N-methyl/N-ethyl adjacent to an activating group) is 3. The number of hydrogen-bond donors (Lipinski definition) is 4. The van der Waals surface area contributed by atoms with Crippen LogP contribution in [0.1, 0.15) is 71.8 Å². The van der Waals surface area contributed by atoms with E-state index < -0.39 is 109 Å². The molecule has 16 nitrogen and oxygen atoms in total. The third kappa shape index (κ3) is 13.4. The number of nitrogens with zero attached hydrogens (tertiary/aromatic N) is 4. The highest BCUT2D eigenvalue weighted by atomic mass is 35.5. The maximum Gasteiger partial charge on any atom is 0.426 e. The predicted molar refractivity (Wildman–Crippen MR) is 224 cm³/mol. The summed E-state index contributed by atoms with van der Waals surface area (Å²) >= 11 is 12.8. The maximum atomic E-state index is 14.6. The molecule has 0 aliphatic carbocycles. The Hall–Kier alpha value is -4.27. The largest absolute Gasteiger partial charge is 0.426 e. The summed E-state index contributed by atoms with van der Waals surface area (Å²) in [6, 6.07) is -3.60. The molecule has 2 fully saturated rings. The van der Waals surface area contributed by atoms with Gasteiger partial charge in [0.05, 0.1) is 13.2 Å². The van der Waals surface area contributed by atoms with Gasteiger partial charge in [-0.2, -0.15) is 13.2 Å². The van der Waals surface area contributed by atoms with Gasteiger partial charge < -0.3 is 45.4 Å². The van der Waals surface area contributed by atoms with E-state index in [0.29, 0.717) is 21.9 Å². The number of carbonyl (C=O) groups is 7. The van der Waals surface area contributed by atoms with Gasteiger partial charge in [0.2, 0.25) is 41.0 Å². The second-order valence-electron chi connectivity index (χ2n) is 16.7. The normalized spacial score (nSPS) is 25.0. The summed E-state index contributed by atoms with van der Waals surface area (Å²) in [5.41, 5.74) is -3.51. The zero-order valence-electron chi connectivity index (χ0n) is 36.7. The van der Waals surface area contributed by atoms with Crippen LogP contribution in [-0.2, 0) is 44.7 Å². The number of nitrogens with one attached hydrogen (secondary N) is 3. The molecule has 7 amide bonds. The van der Waals surface area contributed by atoms with Crippen LogP contribution in [0.15, 0.2) is 18.2 Å². The average Bonchev–Trinajstić information content (AvgIpc) is 3.61. The van der Waals surface area contributed by atoms with Crippen molar-refractivity contribution in [1.29, 1.82) is 0 Å². The van der Waals surface area contributed by atoms with Gasteiger partial charge in [-0.05, 0) is 68.7 Å². The molecular weight excluding hydrogens is 881 g/mol. The van der Waals surface area contributed by atoms with Gasteiger partial charge in [0.25, 0.3) is 5.91 Å². The first-order chi connectivity index (χ1) is 29.3. The minimum absolute atomic E-state index is 0.00595. The number of halogens is 6. The number of rotatable bonds is 12. The number of alkyl halides is 4. The van der Waals surface area contributed by atoms with Crippen molar-refractivity contribution < 1.29 is 61.0 Å². The summed E-state index contributed by atoms with van der Waals surface area (Å²) in [5, 5.41) is 18.5. The lowest BCUT2D eigenvalue weighted by Gasteiger charge is -2.36. The minimum Gasteiger partial charge on any atom is -0.382 e. The molecule has 0 bridgehead atoms. The second kappa shape index (κ2) is 22.6. The van der Waals surface area contributed by atoms with E-state index in [-0.39, 0.29) is 63.1 Å². The maximum absolute atomic E-state index is 14.6. The van der Waals surface area contributed by atoms with Crippen LogP contribution in [-0.4, -0.2) is 168 Å². The van der Waals surface area contributed by atoms with Gasteiger partial charge in [-0.1, -0.05) is 44.0 Å². The van der Waals surface area contributed by atoms with Crippen LogP contribution >= 0.6 is 23.2 Å². The zero-order chi connectivity index (χ0) is 47.7. The molecule has 0 saturated carbocycles. The Labute approximate surface area is 374 Å². The van der Waals surface area contributed by atoms with Crippen molar-refractivity contribution in [1.82, 2.24) is 35.6 Å². The van der Waals surface area contributed by atoms with Gasteiger partial charge in [-0.3, -0.25) is 33.6 Å². The standard InChI is InChI=1S/C41H59Cl2F4N7O9/c1-9-27(48-35(57)32-19-25(44)20-54(32)39(61)40(4,62)41(45,46)47)37(59)52(6)30-12-10-11-15-51(5)36(58)29(21-63-8)50-34(56)31(18-23-17-24(42)13-14-26(23)43)53(7)38(60)28(16-22(2)3)49-33(30)55/h13-14,17,22,25,27-32,62H,9-12,15-16,18-21H2,1-8H3,(H,48,57)(H,49,55)(H,50,56)/t25-,27+,28+,29-,30+,31+,32+,40-/m1/s1. The third-order valence-electron chi connectivity index (χ3n) is 11.3. The van der Waals surface area contributed by atoms with Crippen LogP contribution < -0.4 is 16.0 Å². The van der Waals surface area contributed by atoms with E-state index in [1.807, 2.05) is 13.8 Å². The molecule has 2 heterocycles. The van der Waals surface area contributed by atoms with Crippen molar-refractivity contribution in [2.45, 2.75) is 127 Å². The van der Waals surface area contributed by atoms with E-state index in [9.17, 15) is 56.2 Å². The molecule has 4 N–H and O–H groups in total. The lowest BCUT2D eigenvalue weighted by Crippen LogP contribution is -2.61. The van der Waals surface area contributed by atoms with Crippen molar-refractivity contribution in [2.24, 2.45) is 5.92 Å². The smallest absolute Gasteiger partial charge is 0.382 e. The number of hydrogen-bond acceptors (Lipinski definition) is 9. The Balaban J connectivity index is 2.01. The first-order valence-corrected chi connectivity index (χ1v) is 21.4. The number of amides is 7. The molecule has 63 heavy (non-hydrogen) atoms. The molecule has 2 aliphatic heterocycles. The molecule has 0 aromatic heterocycles. The van der Waals surface area contributed by atoms with Crippen LogP contribution in [0.4, 0.5) is 17.6 Å². The Kier molecular flexibility index (Phi) is 19.0. The van der Waals surface area contributed by atoms with Crippen LogP contribution in [0.2, 0.25) is 10.0 Å². The van der Waals surface area contributed by atoms with E-state index in [2.05, 4.69) is 16.0 Å². The predicted octanol–water partition coefficient (Wildman–Crippen LogP) is 2.64. The number of ether oxygens (including phenoxy) is 1. The molecule has 0 radical (unpaired) electrons. The van der Waals surface area contributed by atoms with Gasteiger partial charge >= 0.3 is 6.18 Å². The summed E-state index contributed by atoms with van der Waals surface area (Å²) in [6.45, 7) is 4.35. The molecule has 0 unspecified atom stereocenters. The molecule has 8 atom stereocenters. The molecule has 2 saturated heterocycles. The highest BCUT2D eigenvalue weighted by molar-refractivity contribution is 6.33. The molecule has 22 heteroatoms. The van der Waals surface area contributed by atoms with Crippen molar-refractivity contribution in [2.75, 3.05) is 47.9 Å². The molecule has 1 aromatic carbocycles. The van der Waals surface area contributed by atoms with Gasteiger partial charge in [-0.25, -0.2) is 4.39 Å². The average molecular weight is 941 g/mol.